The van der Waals surface area contributed by atoms with Gasteiger partial charge in [-0.05, 0) is 43.5 Å². The number of halogens is 5. The lowest BCUT2D eigenvalue weighted by Crippen LogP contribution is -2.08. The topological polar surface area (TPSA) is 0 Å². The van der Waals surface area contributed by atoms with Crippen molar-refractivity contribution in [3.63, 3.8) is 0 Å². The van der Waals surface area contributed by atoms with Crippen LogP contribution in [0.2, 0.25) is 0 Å². The minimum atomic E-state index is -6.00. The van der Waals surface area contributed by atoms with E-state index in [1.807, 2.05) is 0 Å². The Morgan fingerprint density at radius 2 is 1.08 bits per heavy atom. The van der Waals surface area contributed by atoms with Gasteiger partial charge in [-0.1, -0.05) is 42.8 Å². The second-order valence-electron chi connectivity index (χ2n) is 5.32. The van der Waals surface area contributed by atoms with Gasteiger partial charge in [0.15, 0.2) is 9.79 Å². The molecule has 0 saturated carbocycles. The predicted octanol–water partition coefficient (Wildman–Crippen LogP) is 6.82. The highest BCUT2D eigenvalue weighted by atomic mass is 35.5. The van der Waals surface area contributed by atoms with Gasteiger partial charge in [-0.15, -0.1) is 11.6 Å². The van der Waals surface area contributed by atoms with Gasteiger partial charge in [0.25, 0.3) is 0 Å². The fraction of sp³-hybridized carbons (Fsp3) is 0.333. The average Bonchev–Trinajstić information content (AvgIpc) is 2.58. The van der Waals surface area contributed by atoms with Crippen LogP contribution in [0.4, 0.5) is 17.3 Å². The summed E-state index contributed by atoms with van der Waals surface area (Å²) in [6, 6.07) is 21.8. The molecule has 0 saturated heterocycles. The summed E-state index contributed by atoms with van der Waals surface area (Å²) in [6.07, 6.45) is 4.97. The van der Waals surface area contributed by atoms with Crippen LogP contribution in [0.15, 0.2) is 70.5 Å². The van der Waals surface area contributed by atoms with E-state index in [9.17, 15) is 17.3 Å². The quantitative estimate of drug-likeness (QED) is 0.152. The molecule has 0 amide bonds. The molecule has 0 spiro atoms. The van der Waals surface area contributed by atoms with Crippen LogP contribution < -0.4 is 0 Å². The summed E-state index contributed by atoms with van der Waals surface area (Å²) in [5.41, 5.74) is 0. The molecule has 25 heavy (non-hydrogen) atoms. The molecule has 0 aromatic heterocycles. The van der Waals surface area contributed by atoms with E-state index in [4.69, 9.17) is 11.6 Å². The van der Waals surface area contributed by atoms with E-state index in [0.717, 1.165) is 12.3 Å². The minimum Gasteiger partial charge on any atom is -0.418 e. The Morgan fingerprint density at radius 3 is 1.48 bits per heavy atom. The van der Waals surface area contributed by atoms with Crippen molar-refractivity contribution in [3.05, 3.63) is 60.7 Å². The Bertz CT molecular complexity index is 521. The van der Waals surface area contributed by atoms with Crippen molar-refractivity contribution in [3.8, 4) is 0 Å². The van der Waals surface area contributed by atoms with Crippen molar-refractivity contribution in [2.75, 3.05) is 11.6 Å². The first-order chi connectivity index (χ1) is 11.9. The maximum Gasteiger partial charge on any atom is 0.673 e. The predicted molar refractivity (Wildman–Crippen MR) is 101 cm³/mol. The molecule has 2 aromatic carbocycles. The molecular formula is C18H22BClF4S. The second kappa shape index (κ2) is 12.3. The van der Waals surface area contributed by atoms with Gasteiger partial charge in [-0.25, -0.2) is 0 Å². The van der Waals surface area contributed by atoms with Gasteiger partial charge in [0, 0.05) is 5.88 Å². The molecule has 2 aromatic rings. The zero-order chi connectivity index (χ0) is 18.5. The van der Waals surface area contributed by atoms with Crippen LogP contribution in [0.1, 0.15) is 25.7 Å². The largest absolute Gasteiger partial charge is 0.673 e. The van der Waals surface area contributed by atoms with Crippen molar-refractivity contribution >= 4 is 29.8 Å². The number of hydrogen-bond acceptors (Lipinski definition) is 0. The third-order valence-electron chi connectivity index (χ3n) is 3.29. The highest BCUT2D eigenvalue weighted by molar-refractivity contribution is 7.97. The molecule has 0 radical (unpaired) electrons. The fourth-order valence-corrected chi connectivity index (χ4v) is 4.63. The number of benzene rings is 2. The number of hydrogen-bond donors (Lipinski definition) is 0. The first-order valence-electron chi connectivity index (χ1n) is 8.16. The summed E-state index contributed by atoms with van der Waals surface area (Å²) in [4.78, 5) is 2.91. The van der Waals surface area contributed by atoms with Crippen molar-refractivity contribution in [1.29, 1.82) is 0 Å². The lowest BCUT2D eigenvalue weighted by atomic mass is 10.2. The Morgan fingerprint density at radius 1 is 0.680 bits per heavy atom. The van der Waals surface area contributed by atoms with E-state index in [1.54, 1.807) is 0 Å². The summed E-state index contributed by atoms with van der Waals surface area (Å²) in [6.45, 7) is 0. The Hall–Kier alpha value is -1.14. The Balaban J connectivity index is 0.000000550. The van der Waals surface area contributed by atoms with Gasteiger partial charge >= 0.3 is 7.25 Å². The monoisotopic (exact) mass is 392 g/mol. The van der Waals surface area contributed by atoms with E-state index in [1.165, 1.54) is 34.8 Å². The molecule has 0 aliphatic heterocycles. The highest BCUT2D eigenvalue weighted by Gasteiger charge is 2.23. The van der Waals surface area contributed by atoms with Gasteiger partial charge in [0.05, 0.1) is 10.9 Å². The third-order valence-corrected chi connectivity index (χ3v) is 5.93. The maximum atomic E-state index is 9.75. The zero-order valence-corrected chi connectivity index (χ0v) is 15.5. The van der Waals surface area contributed by atoms with E-state index in [0.29, 0.717) is 0 Å². The van der Waals surface area contributed by atoms with Crippen LogP contribution in [0, 0.1) is 0 Å². The first kappa shape index (κ1) is 21.9. The van der Waals surface area contributed by atoms with Gasteiger partial charge in [0.2, 0.25) is 0 Å². The number of rotatable bonds is 8. The summed E-state index contributed by atoms with van der Waals surface area (Å²) in [5, 5.41) is 0. The lowest BCUT2D eigenvalue weighted by Gasteiger charge is -2.08. The van der Waals surface area contributed by atoms with Crippen molar-refractivity contribution in [2.45, 2.75) is 35.5 Å². The van der Waals surface area contributed by atoms with Crippen LogP contribution in [-0.4, -0.2) is 18.9 Å². The molecule has 138 valence electrons. The zero-order valence-electron chi connectivity index (χ0n) is 13.9. The van der Waals surface area contributed by atoms with Crippen LogP contribution >= 0.6 is 11.6 Å². The number of unbranched alkanes of at least 4 members (excludes halogenated alkanes) is 3. The highest BCUT2D eigenvalue weighted by Crippen LogP contribution is 2.24. The molecule has 0 bridgehead atoms. The van der Waals surface area contributed by atoms with Gasteiger partial charge < -0.3 is 17.3 Å². The van der Waals surface area contributed by atoms with Crippen LogP contribution in [0.5, 0.6) is 0 Å². The van der Waals surface area contributed by atoms with Gasteiger partial charge in [0.1, 0.15) is 5.75 Å². The standard InChI is InChI=1S/C18H22ClS.BF4/c19-15-9-1-2-10-16-20(17-11-5-3-6-12-17)18-13-7-4-8-14-18;2-1(3,4)5/h3-8,11-14H,1-2,9-10,15-16H2;/q+1;-1. The molecule has 0 N–H and O–H groups in total. The van der Waals surface area contributed by atoms with Gasteiger partial charge in [-0.3, -0.25) is 0 Å². The number of alkyl halides is 1. The van der Waals surface area contributed by atoms with E-state index < -0.39 is 7.25 Å². The smallest absolute Gasteiger partial charge is 0.418 e. The molecule has 0 aliphatic carbocycles. The van der Waals surface area contributed by atoms with Crippen LogP contribution in [-0.2, 0) is 10.9 Å². The first-order valence-corrected chi connectivity index (χ1v) is 10.1. The normalized spacial score (nSPS) is 11.1. The summed E-state index contributed by atoms with van der Waals surface area (Å²) >= 11 is 5.74. The lowest BCUT2D eigenvalue weighted by molar-refractivity contribution is 0.368. The molecule has 0 unspecified atom stereocenters. The molecule has 0 nitrogen and oxygen atoms in total. The van der Waals surface area contributed by atoms with Crippen molar-refractivity contribution in [1.82, 2.24) is 0 Å². The summed E-state index contributed by atoms with van der Waals surface area (Å²) < 4.78 is 39.0. The van der Waals surface area contributed by atoms with E-state index in [2.05, 4.69) is 60.7 Å². The molecular weight excluding hydrogens is 371 g/mol. The fourth-order valence-electron chi connectivity index (χ4n) is 2.24. The van der Waals surface area contributed by atoms with Crippen molar-refractivity contribution < 1.29 is 17.3 Å². The second-order valence-corrected chi connectivity index (χ2v) is 7.83. The molecule has 0 fully saturated rings. The maximum absolute atomic E-state index is 9.75. The molecule has 0 heterocycles. The van der Waals surface area contributed by atoms with Crippen molar-refractivity contribution in [2.24, 2.45) is 0 Å². The SMILES string of the molecule is ClCCCCCC[S+](c1ccccc1)c1ccccc1.F[B-](F)(F)F. The molecule has 0 aliphatic rings. The third kappa shape index (κ3) is 11.2. The average molecular weight is 393 g/mol. The Labute approximate surface area is 155 Å². The van der Waals surface area contributed by atoms with Crippen LogP contribution in [0.3, 0.4) is 0 Å². The minimum absolute atomic E-state index is 0.210. The molecule has 0 atom stereocenters. The molecule has 2 rings (SSSR count). The summed E-state index contributed by atoms with van der Waals surface area (Å²) in [7, 11) is -5.79. The van der Waals surface area contributed by atoms with E-state index in [-0.39, 0.29) is 10.9 Å². The van der Waals surface area contributed by atoms with Gasteiger partial charge in [-0.2, -0.15) is 0 Å². The molecule has 7 heteroatoms. The van der Waals surface area contributed by atoms with Crippen LogP contribution in [0.25, 0.3) is 0 Å². The summed E-state index contributed by atoms with van der Waals surface area (Å²) in [5.74, 6) is 2.04. The Kier molecular flexibility index (Phi) is 10.7. The van der Waals surface area contributed by atoms with E-state index >= 15 is 0 Å².